The molecule has 4 rings (SSSR count). The van der Waals surface area contributed by atoms with Gasteiger partial charge in [0.05, 0.1) is 11.5 Å². The van der Waals surface area contributed by atoms with Crippen molar-refractivity contribution in [1.82, 2.24) is 9.88 Å². The van der Waals surface area contributed by atoms with Crippen molar-refractivity contribution in [3.05, 3.63) is 87.8 Å². The highest BCUT2D eigenvalue weighted by Gasteiger charge is 2.32. The summed E-state index contributed by atoms with van der Waals surface area (Å²) in [7, 11) is 0. The van der Waals surface area contributed by atoms with Crippen molar-refractivity contribution >= 4 is 57.0 Å². The van der Waals surface area contributed by atoms with E-state index < -0.39 is 0 Å². The molecule has 1 aliphatic heterocycles. The lowest BCUT2D eigenvalue weighted by Gasteiger charge is -2.13. The Hall–Kier alpha value is -3.07. The summed E-state index contributed by atoms with van der Waals surface area (Å²) in [6.07, 6.45) is 5.20. The van der Waals surface area contributed by atoms with Crippen LogP contribution in [0.4, 0.5) is 5.13 Å². The van der Waals surface area contributed by atoms with Crippen LogP contribution in [0.2, 0.25) is 5.02 Å². The predicted octanol–water partition coefficient (Wildman–Crippen LogP) is 6.56. The topological polar surface area (TPSA) is 64.0 Å². The van der Waals surface area contributed by atoms with Crippen LogP contribution in [0.25, 0.3) is 6.08 Å². The van der Waals surface area contributed by atoms with E-state index in [4.69, 9.17) is 21.1 Å². The first-order chi connectivity index (χ1) is 16.6. The smallest absolute Gasteiger partial charge is 0.267 e. The lowest BCUT2D eigenvalue weighted by molar-refractivity contribution is -0.121. The highest BCUT2D eigenvalue weighted by molar-refractivity contribution is 8.18. The molecule has 6 nitrogen and oxygen atoms in total. The number of carbonyl (C=O) groups is 1. The van der Waals surface area contributed by atoms with Gasteiger partial charge in [-0.05, 0) is 60.2 Å². The van der Waals surface area contributed by atoms with E-state index >= 15 is 0 Å². The zero-order valence-electron chi connectivity index (χ0n) is 18.4. The Balaban J connectivity index is 1.56. The van der Waals surface area contributed by atoms with Crippen molar-refractivity contribution in [2.45, 2.75) is 13.5 Å². The quantitative estimate of drug-likeness (QED) is 0.240. The molecule has 0 saturated carbocycles. The van der Waals surface area contributed by atoms with Gasteiger partial charge in [-0.25, -0.2) is 4.98 Å². The van der Waals surface area contributed by atoms with Gasteiger partial charge in [0.15, 0.2) is 16.7 Å². The zero-order valence-corrected chi connectivity index (χ0v) is 20.8. The van der Waals surface area contributed by atoms with Gasteiger partial charge in [-0.1, -0.05) is 35.9 Å². The molecule has 1 aliphatic rings. The highest BCUT2D eigenvalue weighted by atomic mass is 35.5. The Morgan fingerprint density at radius 1 is 1.18 bits per heavy atom. The summed E-state index contributed by atoms with van der Waals surface area (Å²) in [5.41, 5.74) is 1.83. The molecule has 2 heterocycles. The first-order valence-electron chi connectivity index (χ1n) is 10.5. The minimum absolute atomic E-state index is 0.124. The number of aromatic nitrogens is 1. The number of amides is 1. The Morgan fingerprint density at radius 3 is 2.71 bits per heavy atom. The van der Waals surface area contributed by atoms with Crippen molar-refractivity contribution in [3.63, 3.8) is 0 Å². The van der Waals surface area contributed by atoms with Gasteiger partial charge in [0, 0.05) is 23.1 Å². The van der Waals surface area contributed by atoms with Crippen molar-refractivity contribution in [1.29, 1.82) is 0 Å². The van der Waals surface area contributed by atoms with Crippen molar-refractivity contribution in [2.75, 3.05) is 13.2 Å². The molecule has 174 valence electrons. The van der Waals surface area contributed by atoms with Crippen LogP contribution >= 0.6 is 34.7 Å². The highest BCUT2D eigenvalue weighted by Crippen LogP contribution is 2.36. The molecule has 0 radical (unpaired) electrons. The number of thioether (sulfide) groups is 1. The lowest BCUT2D eigenvalue weighted by atomic mass is 10.1. The maximum absolute atomic E-state index is 13.0. The zero-order chi connectivity index (χ0) is 23.9. The molecule has 1 aromatic heterocycles. The summed E-state index contributed by atoms with van der Waals surface area (Å²) >= 11 is 8.69. The molecule has 0 aliphatic carbocycles. The number of hydrogen-bond acceptors (Lipinski definition) is 7. The van der Waals surface area contributed by atoms with Gasteiger partial charge in [0.25, 0.3) is 5.91 Å². The number of benzene rings is 2. The van der Waals surface area contributed by atoms with Gasteiger partial charge in [-0.2, -0.15) is 4.99 Å². The molecular weight excluding hydrogens is 490 g/mol. The van der Waals surface area contributed by atoms with Crippen LogP contribution in [0.3, 0.4) is 0 Å². The molecule has 2 aromatic carbocycles. The van der Waals surface area contributed by atoms with E-state index in [2.05, 4.69) is 16.6 Å². The summed E-state index contributed by atoms with van der Waals surface area (Å²) in [5, 5.41) is 3.72. The maximum Gasteiger partial charge on any atom is 0.267 e. The largest absolute Gasteiger partial charge is 0.490 e. The fourth-order valence-corrected chi connectivity index (χ4v) is 4.81. The Morgan fingerprint density at radius 2 is 2.00 bits per heavy atom. The molecule has 3 aromatic rings. The first-order valence-corrected chi connectivity index (χ1v) is 12.6. The Bertz CT molecular complexity index is 1220. The number of amidine groups is 1. The number of carbonyl (C=O) groups excluding carboxylic acids is 1. The van der Waals surface area contributed by atoms with Gasteiger partial charge in [0.2, 0.25) is 5.13 Å². The first kappa shape index (κ1) is 24.1. The van der Waals surface area contributed by atoms with Gasteiger partial charge < -0.3 is 9.47 Å². The van der Waals surface area contributed by atoms with E-state index in [1.165, 1.54) is 23.1 Å². The number of ether oxygens (including phenoxy) is 2. The van der Waals surface area contributed by atoms with Crippen molar-refractivity contribution in [3.8, 4) is 11.5 Å². The van der Waals surface area contributed by atoms with Crippen LogP contribution in [-0.4, -0.2) is 34.1 Å². The number of nitrogens with zero attached hydrogens (tertiary/aromatic N) is 3. The molecular formula is C25H22ClN3O3S2. The minimum atomic E-state index is -0.124. The standard InChI is InChI=1S/C25H22ClN3O3S2/c1-3-12-29-23(30)22(34-25(29)28-24-27-11-13-33-24)15-18-7-10-20(21(14-18)31-4-2)32-16-17-5-8-19(26)9-6-17/h3,5-11,13-15H,1,4,12,16H2,2H3/b22-15-,28-25+. The van der Waals surface area contributed by atoms with Crippen LogP contribution in [0, 0.1) is 0 Å². The molecule has 0 unspecified atom stereocenters. The fraction of sp³-hybridized carbons (Fsp3) is 0.160. The van der Waals surface area contributed by atoms with E-state index in [0.29, 0.717) is 51.5 Å². The number of halogens is 1. The molecule has 0 N–H and O–H groups in total. The van der Waals surface area contributed by atoms with Gasteiger partial charge in [0.1, 0.15) is 6.61 Å². The number of aliphatic imine (C=N–C) groups is 1. The van der Waals surface area contributed by atoms with Crippen LogP contribution in [0.15, 0.2) is 76.6 Å². The molecule has 1 amide bonds. The minimum Gasteiger partial charge on any atom is -0.490 e. The average molecular weight is 512 g/mol. The second-order valence-electron chi connectivity index (χ2n) is 7.08. The second-order valence-corrected chi connectivity index (χ2v) is 9.40. The molecule has 9 heteroatoms. The fourth-order valence-electron chi connectivity index (χ4n) is 3.13. The van der Waals surface area contributed by atoms with E-state index in [9.17, 15) is 4.79 Å². The summed E-state index contributed by atoms with van der Waals surface area (Å²) in [4.78, 5) is 23.9. The normalized spacial score (nSPS) is 15.8. The van der Waals surface area contributed by atoms with Gasteiger partial charge in [-0.15, -0.1) is 17.9 Å². The predicted molar refractivity (Wildman–Crippen MR) is 140 cm³/mol. The third kappa shape index (κ3) is 5.88. The molecule has 0 atom stereocenters. The number of rotatable bonds is 9. The molecule has 0 bridgehead atoms. The molecule has 0 spiro atoms. The summed E-state index contributed by atoms with van der Waals surface area (Å²) in [6, 6.07) is 13.1. The molecule has 1 fully saturated rings. The van der Waals surface area contributed by atoms with Crippen LogP contribution in [0.1, 0.15) is 18.1 Å². The lowest BCUT2D eigenvalue weighted by Crippen LogP contribution is -2.29. The number of hydrogen-bond donors (Lipinski definition) is 0. The van der Waals surface area contributed by atoms with E-state index in [1.54, 1.807) is 17.2 Å². The summed E-state index contributed by atoms with van der Waals surface area (Å²) < 4.78 is 11.8. The SMILES string of the molecule is C=CCN1C(=O)/C(=C/c2ccc(OCc3ccc(Cl)cc3)c(OCC)c2)S/C1=N/c1nccs1. The number of thiazole rings is 1. The molecule has 1 saturated heterocycles. The van der Waals surface area contributed by atoms with E-state index in [-0.39, 0.29) is 5.91 Å². The van der Waals surface area contributed by atoms with Crippen LogP contribution < -0.4 is 9.47 Å². The van der Waals surface area contributed by atoms with E-state index in [1.807, 2.05) is 60.8 Å². The summed E-state index contributed by atoms with van der Waals surface area (Å²) in [5.74, 6) is 1.12. The monoisotopic (exact) mass is 511 g/mol. The maximum atomic E-state index is 13.0. The molecule has 34 heavy (non-hydrogen) atoms. The van der Waals surface area contributed by atoms with Crippen LogP contribution in [0.5, 0.6) is 11.5 Å². The van der Waals surface area contributed by atoms with Crippen LogP contribution in [-0.2, 0) is 11.4 Å². The van der Waals surface area contributed by atoms with Gasteiger partial charge >= 0.3 is 0 Å². The van der Waals surface area contributed by atoms with Crippen molar-refractivity contribution in [2.24, 2.45) is 4.99 Å². The summed E-state index contributed by atoms with van der Waals surface area (Å²) in [6.45, 7) is 6.92. The van der Waals surface area contributed by atoms with Crippen molar-refractivity contribution < 1.29 is 14.3 Å². The average Bonchev–Trinajstić information content (AvgIpc) is 3.44. The van der Waals surface area contributed by atoms with E-state index in [0.717, 1.165) is 11.1 Å². The third-order valence-corrected chi connectivity index (χ3v) is 6.61. The Labute approximate surface area is 211 Å². The second kappa shape index (κ2) is 11.4. The third-order valence-electron chi connectivity index (χ3n) is 4.68. The Kier molecular flexibility index (Phi) is 8.05. The van der Waals surface area contributed by atoms with Gasteiger partial charge in [-0.3, -0.25) is 9.69 Å².